The standard InChI is InChI=1S/C13H20O2S/c1-13(2,3)15-12-7-5-11(6-8-12)9-10-16(4)14/h5-8H,9-10H2,1-4H3. The highest BCUT2D eigenvalue weighted by atomic mass is 32.2. The topological polar surface area (TPSA) is 32.3 Å². The minimum atomic E-state index is -0.719. The molecule has 0 aliphatic rings. The van der Waals surface area contributed by atoms with Crippen LogP contribution in [0, 0.1) is 0 Å². The molecule has 1 rings (SSSR count). The fraction of sp³-hybridized carbons (Fsp3) is 0.538. The van der Waals surface area contributed by atoms with Gasteiger partial charge in [-0.25, -0.2) is 0 Å². The Balaban J connectivity index is 2.54. The van der Waals surface area contributed by atoms with Crippen LogP contribution in [0.5, 0.6) is 5.75 Å². The maximum Gasteiger partial charge on any atom is 0.120 e. The van der Waals surface area contributed by atoms with Crippen LogP contribution in [0.4, 0.5) is 0 Å². The van der Waals surface area contributed by atoms with E-state index in [1.165, 1.54) is 5.56 Å². The van der Waals surface area contributed by atoms with Crippen molar-refractivity contribution in [2.24, 2.45) is 0 Å². The molecule has 0 amide bonds. The molecule has 1 unspecified atom stereocenters. The first kappa shape index (κ1) is 13.4. The highest BCUT2D eigenvalue weighted by Crippen LogP contribution is 2.18. The van der Waals surface area contributed by atoms with E-state index in [0.717, 1.165) is 17.9 Å². The minimum Gasteiger partial charge on any atom is -0.617 e. The number of aryl methyl sites for hydroxylation is 1. The fourth-order valence-corrected chi connectivity index (χ4v) is 1.86. The molecular weight excluding hydrogens is 220 g/mol. The first-order valence-electron chi connectivity index (χ1n) is 5.45. The Hall–Kier alpha value is -0.670. The predicted molar refractivity (Wildman–Crippen MR) is 69.5 cm³/mol. The van der Waals surface area contributed by atoms with Gasteiger partial charge in [-0.3, -0.25) is 0 Å². The molecule has 90 valence electrons. The Morgan fingerprint density at radius 2 is 1.75 bits per heavy atom. The lowest BCUT2D eigenvalue weighted by atomic mass is 10.1. The summed E-state index contributed by atoms with van der Waals surface area (Å²) in [5.74, 6) is 1.60. The van der Waals surface area contributed by atoms with E-state index in [0.29, 0.717) is 0 Å². The second-order valence-corrected chi connectivity index (χ2v) is 6.44. The molecule has 0 spiro atoms. The summed E-state index contributed by atoms with van der Waals surface area (Å²) in [5.41, 5.74) is 1.04. The van der Waals surface area contributed by atoms with Gasteiger partial charge in [0.15, 0.2) is 0 Å². The van der Waals surface area contributed by atoms with Crippen molar-refractivity contribution in [3.05, 3.63) is 29.8 Å². The second-order valence-electron chi connectivity index (χ2n) is 4.89. The van der Waals surface area contributed by atoms with Gasteiger partial charge in [0.25, 0.3) is 0 Å². The molecule has 0 aromatic heterocycles. The molecule has 0 saturated heterocycles. The second kappa shape index (κ2) is 5.60. The van der Waals surface area contributed by atoms with E-state index in [2.05, 4.69) is 0 Å². The number of benzene rings is 1. The van der Waals surface area contributed by atoms with E-state index in [9.17, 15) is 4.55 Å². The van der Waals surface area contributed by atoms with Crippen LogP contribution < -0.4 is 4.74 Å². The molecule has 2 nitrogen and oxygen atoms in total. The van der Waals surface area contributed by atoms with Gasteiger partial charge in [-0.1, -0.05) is 23.3 Å². The van der Waals surface area contributed by atoms with E-state index in [-0.39, 0.29) is 5.60 Å². The minimum absolute atomic E-state index is 0.160. The summed E-state index contributed by atoms with van der Waals surface area (Å²) < 4.78 is 16.7. The smallest absolute Gasteiger partial charge is 0.120 e. The molecule has 0 saturated carbocycles. The van der Waals surface area contributed by atoms with Crippen LogP contribution in [0.3, 0.4) is 0 Å². The van der Waals surface area contributed by atoms with Crippen molar-refractivity contribution in [3.63, 3.8) is 0 Å². The molecule has 0 bridgehead atoms. The van der Waals surface area contributed by atoms with Crippen molar-refractivity contribution in [2.75, 3.05) is 12.0 Å². The molecule has 1 atom stereocenters. The maximum atomic E-state index is 11.0. The van der Waals surface area contributed by atoms with Crippen molar-refractivity contribution in [2.45, 2.75) is 32.8 Å². The van der Waals surface area contributed by atoms with Gasteiger partial charge in [0.05, 0.1) is 6.26 Å². The van der Waals surface area contributed by atoms with Gasteiger partial charge in [0.1, 0.15) is 17.1 Å². The molecule has 0 aliphatic carbocycles. The lowest BCUT2D eigenvalue weighted by Crippen LogP contribution is -2.22. The molecule has 0 radical (unpaired) electrons. The average Bonchev–Trinajstić information content (AvgIpc) is 2.14. The van der Waals surface area contributed by atoms with Gasteiger partial charge in [-0.05, 0) is 38.5 Å². The van der Waals surface area contributed by atoms with Crippen LogP contribution >= 0.6 is 0 Å². The fourth-order valence-electron chi connectivity index (χ4n) is 1.34. The molecule has 1 aromatic rings. The van der Waals surface area contributed by atoms with Crippen LogP contribution in [-0.2, 0) is 17.6 Å². The zero-order valence-electron chi connectivity index (χ0n) is 10.4. The van der Waals surface area contributed by atoms with Crippen molar-refractivity contribution < 1.29 is 9.29 Å². The Kier molecular flexibility index (Phi) is 4.69. The molecule has 16 heavy (non-hydrogen) atoms. The quantitative estimate of drug-likeness (QED) is 0.758. The normalized spacial score (nSPS) is 13.6. The van der Waals surface area contributed by atoms with Crippen LogP contribution in [0.15, 0.2) is 24.3 Å². The van der Waals surface area contributed by atoms with Crippen molar-refractivity contribution in [1.29, 1.82) is 0 Å². The lowest BCUT2D eigenvalue weighted by Gasteiger charge is -2.21. The molecule has 3 heteroatoms. The zero-order chi connectivity index (χ0) is 12.2. The summed E-state index contributed by atoms with van der Waals surface area (Å²) in [4.78, 5) is 0. The van der Waals surface area contributed by atoms with Gasteiger partial charge in [0.2, 0.25) is 0 Å². The Labute approximate surface area is 101 Å². The molecule has 0 fully saturated rings. The van der Waals surface area contributed by atoms with E-state index in [4.69, 9.17) is 4.74 Å². The third-order valence-electron chi connectivity index (χ3n) is 2.03. The highest BCUT2D eigenvalue weighted by Gasteiger charge is 2.11. The maximum absolute atomic E-state index is 11.0. The SMILES string of the molecule is C[S+]([O-])CCc1ccc(OC(C)(C)C)cc1. The Bertz CT molecular complexity index is 312. The summed E-state index contributed by atoms with van der Waals surface area (Å²) in [7, 11) is 0. The van der Waals surface area contributed by atoms with Crippen molar-refractivity contribution in [3.8, 4) is 5.75 Å². The Morgan fingerprint density at radius 3 is 2.19 bits per heavy atom. The van der Waals surface area contributed by atoms with Crippen LogP contribution in [0.1, 0.15) is 26.3 Å². The van der Waals surface area contributed by atoms with Crippen molar-refractivity contribution in [1.82, 2.24) is 0 Å². The van der Waals surface area contributed by atoms with Crippen LogP contribution in [-0.4, -0.2) is 22.2 Å². The largest absolute Gasteiger partial charge is 0.617 e. The average molecular weight is 240 g/mol. The van der Waals surface area contributed by atoms with E-state index in [1.807, 2.05) is 45.0 Å². The van der Waals surface area contributed by atoms with Gasteiger partial charge in [0, 0.05) is 6.42 Å². The molecular formula is C13H20O2S. The highest BCUT2D eigenvalue weighted by molar-refractivity contribution is 7.90. The summed E-state index contributed by atoms with van der Waals surface area (Å²) in [5, 5.41) is 0. The summed E-state index contributed by atoms with van der Waals surface area (Å²) in [6.07, 6.45) is 2.59. The lowest BCUT2D eigenvalue weighted by molar-refractivity contribution is 0.131. The molecule has 0 heterocycles. The van der Waals surface area contributed by atoms with E-state index < -0.39 is 11.2 Å². The summed E-state index contributed by atoms with van der Waals surface area (Å²) >= 11 is -0.719. The molecule has 0 N–H and O–H groups in total. The van der Waals surface area contributed by atoms with Crippen LogP contribution in [0.25, 0.3) is 0 Å². The number of hydrogen-bond acceptors (Lipinski definition) is 2. The van der Waals surface area contributed by atoms with E-state index in [1.54, 1.807) is 6.26 Å². The Morgan fingerprint density at radius 1 is 1.19 bits per heavy atom. The molecule has 0 aliphatic heterocycles. The zero-order valence-corrected chi connectivity index (χ0v) is 11.3. The first-order chi connectivity index (χ1) is 7.37. The van der Waals surface area contributed by atoms with Gasteiger partial charge in [-0.2, -0.15) is 0 Å². The summed E-state index contributed by atoms with van der Waals surface area (Å²) in [6.45, 7) is 6.09. The first-order valence-corrected chi connectivity index (χ1v) is 7.17. The summed E-state index contributed by atoms with van der Waals surface area (Å²) in [6, 6.07) is 8.01. The predicted octanol–water partition coefficient (Wildman–Crippen LogP) is 2.78. The van der Waals surface area contributed by atoms with Crippen LogP contribution in [0.2, 0.25) is 0 Å². The monoisotopic (exact) mass is 240 g/mol. The van der Waals surface area contributed by atoms with E-state index >= 15 is 0 Å². The number of ether oxygens (including phenoxy) is 1. The third kappa shape index (κ3) is 5.42. The third-order valence-corrected chi connectivity index (χ3v) is 2.80. The number of rotatable bonds is 4. The van der Waals surface area contributed by atoms with Crippen molar-refractivity contribution >= 4 is 11.2 Å². The number of hydrogen-bond donors (Lipinski definition) is 0. The van der Waals surface area contributed by atoms with Gasteiger partial charge < -0.3 is 9.29 Å². The van der Waals surface area contributed by atoms with Gasteiger partial charge >= 0.3 is 0 Å². The van der Waals surface area contributed by atoms with Gasteiger partial charge in [-0.15, -0.1) is 0 Å². The molecule has 1 aromatic carbocycles.